The number of aryl methyl sites for hydroxylation is 1. The summed E-state index contributed by atoms with van der Waals surface area (Å²) in [5.74, 6) is -0.447. The average molecular weight is 399 g/mol. The number of para-hydroxylation sites is 2. The summed E-state index contributed by atoms with van der Waals surface area (Å²) in [6.07, 6.45) is 0.133. The van der Waals surface area contributed by atoms with Gasteiger partial charge in [-0.1, -0.05) is 66.2 Å². The number of hydrazone groups is 1. The standard InChI is InChI=1S/C25H25N3O2/c1-19-13-15-21(16-14-19)20(2)26-27-24(29)17-18-25(30)28(22-9-5-3-6-10-22)23-11-7-4-8-12-23/h3-16H,17-18H2,1-2H3,(H,27,29). The first-order valence-corrected chi connectivity index (χ1v) is 9.88. The maximum atomic E-state index is 13.0. The van der Waals surface area contributed by atoms with E-state index in [9.17, 15) is 9.59 Å². The van der Waals surface area contributed by atoms with Gasteiger partial charge >= 0.3 is 0 Å². The fourth-order valence-electron chi connectivity index (χ4n) is 2.98. The zero-order valence-electron chi connectivity index (χ0n) is 17.2. The van der Waals surface area contributed by atoms with Gasteiger partial charge in [0.25, 0.3) is 0 Å². The van der Waals surface area contributed by atoms with Crippen molar-refractivity contribution < 1.29 is 9.59 Å². The van der Waals surface area contributed by atoms with Crippen molar-refractivity contribution >= 4 is 28.9 Å². The summed E-state index contributed by atoms with van der Waals surface area (Å²) < 4.78 is 0. The van der Waals surface area contributed by atoms with Gasteiger partial charge in [0.2, 0.25) is 11.8 Å². The summed E-state index contributed by atoms with van der Waals surface area (Å²) >= 11 is 0. The Kier molecular flexibility index (Phi) is 7.11. The third-order valence-electron chi connectivity index (χ3n) is 4.66. The van der Waals surface area contributed by atoms with Gasteiger partial charge in [-0.3, -0.25) is 14.5 Å². The molecule has 0 atom stereocenters. The Labute approximate surface area is 177 Å². The highest BCUT2D eigenvalue weighted by Crippen LogP contribution is 2.26. The number of hydrogen-bond donors (Lipinski definition) is 1. The number of hydrogen-bond acceptors (Lipinski definition) is 3. The molecule has 5 nitrogen and oxygen atoms in total. The molecule has 3 aromatic rings. The van der Waals surface area contributed by atoms with Crippen molar-refractivity contribution in [3.63, 3.8) is 0 Å². The van der Waals surface area contributed by atoms with E-state index in [4.69, 9.17) is 0 Å². The van der Waals surface area contributed by atoms with E-state index in [2.05, 4.69) is 10.5 Å². The molecule has 3 rings (SSSR count). The number of benzene rings is 3. The normalized spacial score (nSPS) is 11.1. The molecule has 0 aliphatic rings. The molecule has 30 heavy (non-hydrogen) atoms. The van der Waals surface area contributed by atoms with E-state index < -0.39 is 0 Å². The summed E-state index contributed by atoms with van der Waals surface area (Å²) in [7, 11) is 0. The highest BCUT2D eigenvalue weighted by atomic mass is 16.2. The Morgan fingerprint density at radius 1 is 0.800 bits per heavy atom. The smallest absolute Gasteiger partial charge is 0.240 e. The van der Waals surface area contributed by atoms with Crippen LogP contribution in [0.2, 0.25) is 0 Å². The molecule has 3 aromatic carbocycles. The molecule has 0 aliphatic carbocycles. The van der Waals surface area contributed by atoms with Crippen molar-refractivity contribution in [2.45, 2.75) is 26.7 Å². The molecule has 0 heterocycles. The molecule has 0 radical (unpaired) electrons. The predicted molar refractivity (Wildman–Crippen MR) is 121 cm³/mol. The molecule has 5 heteroatoms. The van der Waals surface area contributed by atoms with E-state index in [0.717, 1.165) is 22.5 Å². The molecule has 0 aliphatic heterocycles. The minimum Gasteiger partial charge on any atom is -0.281 e. The number of anilines is 2. The predicted octanol–water partition coefficient (Wildman–Crippen LogP) is 4.98. The maximum absolute atomic E-state index is 13.0. The molecule has 0 unspecified atom stereocenters. The zero-order valence-corrected chi connectivity index (χ0v) is 17.2. The van der Waals surface area contributed by atoms with Crippen LogP contribution in [-0.2, 0) is 9.59 Å². The van der Waals surface area contributed by atoms with Gasteiger partial charge < -0.3 is 0 Å². The van der Waals surface area contributed by atoms with Crippen molar-refractivity contribution in [3.8, 4) is 0 Å². The van der Waals surface area contributed by atoms with Crippen molar-refractivity contribution in [1.82, 2.24) is 5.43 Å². The highest BCUT2D eigenvalue weighted by Gasteiger charge is 2.18. The van der Waals surface area contributed by atoms with Gasteiger partial charge in [-0.05, 0) is 43.7 Å². The monoisotopic (exact) mass is 399 g/mol. The van der Waals surface area contributed by atoms with Crippen LogP contribution >= 0.6 is 0 Å². The summed E-state index contributed by atoms with van der Waals surface area (Å²) in [5.41, 5.74) is 6.90. The first-order valence-electron chi connectivity index (χ1n) is 9.88. The first-order chi connectivity index (χ1) is 14.5. The molecular formula is C25H25N3O2. The van der Waals surface area contributed by atoms with Gasteiger partial charge in [0.1, 0.15) is 0 Å². The average Bonchev–Trinajstić information content (AvgIpc) is 2.78. The number of carbonyl (C=O) groups is 2. The third-order valence-corrected chi connectivity index (χ3v) is 4.66. The summed E-state index contributed by atoms with van der Waals surface area (Å²) in [4.78, 5) is 26.8. The van der Waals surface area contributed by atoms with E-state index in [-0.39, 0.29) is 24.7 Å². The molecule has 0 saturated heterocycles. The number of carbonyl (C=O) groups excluding carboxylic acids is 2. The van der Waals surface area contributed by atoms with Crippen LogP contribution in [0.5, 0.6) is 0 Å². The summed E-state index contributed by atoms with van der Waals surface area (Å²) in [6, 6.07) is 26.7. The van der Waals surface area contributed by atoms with Gasteiger partial charge in [0.15, 0.2) is 0 Å². The van der Waals surface area contributed by atoms with Crippen LogP contribution in [0.4, 0.5) is 11.4 Å². The lowest BCUT2D eigenvalue weighted by Gasteiger charge is -2.23. The lowest BCUT2D eigenvalue weighted by molar-refractivity contribution is -0.124. The SMILES string of the molecule is CC(=NNC(=O)CCC(=O)N(c1ccccc1)c1ccccc1)c1ccc(C)cc1. The summed E-state index contributed by atoms with van der Waals surface area (Å²) in [5, 5.41) is 4.16. The molecule has 0 saturated carbocycles. The Bertz CT molecular complexity index is 974. The largest absolute Gasteiger partial charge is 0.281 e. The molecule has 0 aromatic heterocycles. The maximum Gasteiger partial charge on any atom is 0.240 e. The third kappa shape index (κ3) is 5.64. The summed E-state index contributed by atoms with van der Waals surface area (Å²) in [6.45, 7) is 3.85. The lowest BCUT2D eigenvalue weighted by Crippen LogP contribution is -2.28. The van der Waals surface area contributed by atoms with E-state index in [1.54, 1.807) is 4.90 Å². The zero-order chi connectivity index (χ0) is 21.3. The van der Waals surface area contributed by atoms with Crippen LogP contribution in [0, 0.1) is 6.92 Å². The first kappa shape index (κ1) is 21.0. The molecule has 152 valence electrons. The Balaban J connectivity index is 1.63. The van der Waals surface area contributed by atoms with E-state index >= 15 is 0 Å². The van der Waals surface area contributed by atoms with E-state index in [0.29, 0.717) is 5.71 Å². The highest BCUT2D eigenvalue weighted by molar-refractivity contribution is 6.02. The molecule has 0 spiro atoms. The van der Waals surface area contributed by atoms with Gasteiger partial charge in [-0.15, -0.1) is 0 Å². The van der Waals surface area contributed by atoms with Crippen molar-refractivity contribution in [2.75, 3.05) is 4.90 Å². The minimum atomic E-state index is -0.295. The Morgan fingerprint density at radius 3 is 1.87 bits per heavy atom. The number of nitrogens with one attached hydrogen (secondary N) is 1. The molecule has 2 amide bonds. The fraction of sp³-hybridized carbons (Fsp3) is 0.160. The van der Waals surface area contributed by atoms with Crippen molar-refractivity contribution in [1.29, 1.82) is 0 Å². The van der Waals surface area contributed by atoms with Crippen LogP contribution in [0.3, 0.4) is 0 Å². The van der Waals surface area contributed by atoms with Gasteiger partial charge in [0, 0.05) is 24.2 Å². The Hall–Kier alpha value is -3.73. The van der Waals surface area contributed by atoms with Gasteiger partial charge in [-0.2, -0.15) is 5.10 Å². The lowest BCUT2D eigenvalue weighted by atomic mass is 10.1. The van der Waals surface area contributed by atoms with Crippen molar-refractivity contribution in [2.24, 2.45) is 5.10 Å². The quantitative estimate of drug-likeness (QED) is 0.450. The van der Waals surface area contributed by atoms with Crippen LogP contribution in [0.15, 0.2) is 90.0 Å². The number of amides is 2. The fourth-order valence-corrected chi connectivity index (χ4v) is 2.98. The minimum absolute atomic E-state index is 0.0552. The second-order valence-electron chi connectivity index (χ2n) is 7.00. The van der Waals surface area contributed by atoms with Crippen LogP contribution in [0.1, 0.15) is 30.9 Å². The van der Waals surface area contributed by atoms with Crippen LogP contribution in [0.25, 0.3) is 0 Å². The topological polar surface area (TPSA) is 61.8 Å². The van der Waals surface area contributed by atoms with E-state index in [1.165, 1.54) is 0 Å². The molecular weight excluding hydrogens is 374 g/mol. The molecule has 1 N–H and O–H groups in total. The number of nitrogens with zero attached hydrogens (tertiary/aromatic N) is 2. The van der Waals surface area contributed by atoms with Crippen LogP contribution < -0.4 is 10.3 Å². The molecule has 0 bridgehead atoms. The van der Waals surface area contributed by atoms with Gasteiger partial charge in [-0.25, -0.2) is 5.43 Å². The van der Waals surface area contributed by atoms with E-state index in [1.807, 2.05) is 98.8 Å². The van der Waals surface area contributed by atoms with Crippen molar-refractivity contribution in [3.05, 3.63) is 96.1 Å². The van der Waals surface area contributed by atoms with Gasteiger partial charge in [0.05, 0.1) is 5.71 Å². The number of rotatable bonds is 7. The molecule has 0 fully saturated rings. The second-order valence-corrected chi connectivity index (χ2v) is 7.00. The van der Waals surface area contributed by atoms with Crippen LogP contribution in [-0.4, -0.2) is 17.5 Å². The Morgan fingerprint density at radius 2 is 1.33 bits per heavy atom. The second kappa shape index (κ2) is 10.2.